The van der Waals surface area contributed by atoms with Crippen molar-refractivity contribution >= 4 is 21.5 Å². The summed E-state index contributed by atoms with van der Waals surface area (Å²) in [6, 6.07) is 3.95. The zero-order chi connectivity index (χ0) is 15.0. The van der Waals surface area contributed by atoms with Gasteiger partial charge in [-0.3, -0.25) is 0 Å². The fourth-order valence-corrected chi connectivity index (χ4v) is 3.55. The second-order valence-electron chi connectivity index (χ2n) is 4.76. The molecule has 0 aliphatic rings. The second-order valence-corrected chi connectivity index (χ2v) is 8.00. The van der Waals surface area contributed by atoms with E-state index < -0.39 is 10.2 Å². The van der Waals surface area contributed by atoms with Gasteiger partial charge in [-0.2, -0.15) is 17.4 Å². The van der Waals surface area contributed by atoms with Gasteiger partial charge in [-0.05, 0) is 45.0 Å². The molecule has 0 unspecified atom stereocenters. The molecule has 0 fully saturated rings. The van der Waals surface area contributed by atoms with Crippen LogP contribution in [0, 0.1) is 6.92 Å². The molecule has 0 aliphatic carbocycles. The van der Waals surface area contributed by atoms with Crippen LogP contribution in [0.25, 0.3) is 0 Å². The van der Waals surface area contributed by atoms with Crippen molar-refractivity contribution < 1.29 is 8.42 Å². The van der Waals surface area contributed by atoms with Crippen LogP contribution in [0.2, 0.25) is 0 Å². The van der Waals surface area contributed by atoms with E-state index in [2.05, 4.69) is 17.0 Å². The highest BCUT2D eigenvalue weighted by Gasteiger charge is 2.16. The molecular formula is C13H25N3O2S2. The van der Waals surface area contributed by atoms with E-state index >= 15 is 0 Å². The highest BCUT2D eigenvalue weighted by molar-refractivity contribution is 7.87. The molecule has 1 heterocycles. The molecule has 0 bridgehead atoms. The van der Waals surface area contributed by atoms with Gasteiger partial charge in [-0.1, -0.05) is 6.92 Å². The molecule has 0 atom stereocenters. The molecule has 0 radical (unpaired) electrons. The quantitative estimate of drug-likeness (QED) is 0.646. The van der Waals surface area contributed by atoms with E-state index in [9.17, 15) is 8.42 Å². The lowest BCUT2D eigenvalue weighted by atomic mass is 10.4. The molecule has 116 valence electrons. The van der Waals surface area contributed by atoms with Gasteiger partial charge in [0.05, 0.1) is 0 Å². The smallest absolute Gasteiger partial charge is 0.279 e. The molecule has 1 aromatic heterocycles. The Morgan fingerprint density at radius 3 is 2.65 bits per heavy atom. The van der Waals surface area contributed by atoms with Crippen LogP contribution >= 0.6 is 11.3 Å². The van der Waals surface area contributed by atoms with Gasteiger partial charge >= 0.3 is 0 Å². The van der Waals surface area contributed by atoms with E-state index in [0.717, 1.165) is 30.8 Å². The SMILES string of the molecule is CCCNCCCN(C)S(=O)(=O)NCc1ccc(C)s1. The average Bonchev–Trinajstić information content (AvgIpc) is 2.82. The third-order valence-corrected chi connectivity index (χ3v) is 5.40. The number of nitrogens with zero attached hydrogens (tertiary/aromatic N) is 1. The Morgan fingerprint density at radius 1 is 1.30 bits per heavy atom. The number of hydrogen-bond acceptors (Lipinski definition) is 4. The lowest BCUT2D eigenvalue weighted by molar-refractivity contribution is 0.444. The van der Waals surface area contributed by atoms with Crippen LogP contribution in [0.5, 0.6) is 0 Å². The van der Waals surface area contributed by atoms with E-state index in [1.807, 2.05) is 19.1 Å². The summed E-state index contributed by atoms with van der Waals surface area (Å²) in [5.41, 5.74) is 0. The molecule has 5 nitrogen and oxygen atoms in total. The monoisotopic (exact) mass is 319 g/mol. The standard InChI is InChI=1S/C13H25N3O2S2/c1-4-8-14-9-5-10-16(3)20(17,18)15-11-13-7-6-12(2)19-13/h6-7,14-15H,4-5,8-11H2,1-3H3. The molecule has 0 amide bonds. The first-order valence-electron chi connectivity index (χ1n) is 6.92. The van der Waals surface area contributed by atoms with E-state index in [1.54, 1.807) is 18.4 Å². The highest BCUT2D eigenvalue weighted by Crippen LogP contribution is 2.14. The summed E-state index contributed by atoms with van der Waals surface area (Å²) in [6.45, 7) is 6.83. The number of thiophene rings is 1. The minimum Gasteiger partial charge on any atom is -0.317 e. The van der Waals surface area contributed by atoms with Crippen molar-refractivity contribution in [1.82, 2.24) is 14.3 Å². The molecule has 0 aliphatic heterocycles. The zero-order valence-corrected chi connectivity index (χ0v) is 14.1. The van der Waals surface area contributed by atoms with Crippen LogP contribution in [0.4, 0.5) is 0 Å². The molecule has 0 saturated heterocycles. The molecule has 7 heteroatoms. The van der Waals surface area contributed by atoms with E-state index in [-0.39, 0.29) is 0 Å². The lowest BCUT2D eigenvalue weighted by Gasteiger charge is -2.17. The van der Waals surface area contributed by atoms with Gasteiger partial charge in [0.25, 0.3) is 10.2 Å². The Morgan fingerprint density at radius 2 is 2.05 bits per heavy atom. The summed E-state index contributed by atoms with van der Waals surface area (Å²) in [5, 5.41) is 3.26. The summed E-state index contributed by atoms with van der Waals surface area (Å²) in [6.07, 6.45) is 1.91. The van der Waals surface area contributed by atoms with Crippen LogP contribution in [0.3, 0.4) is 0 Å². The molecule has 0 spiro atoms. The van der Waals surface area contributed by atoms with Crippen LogP contribution in [0.1, 0.15) is 29.5 Å². The molecule has 0 aromatic carbocycles. The van der Waals surface area contributed by atoms with Crippen LogP contribution in [0.15, 0.2) is 12.1 Å². The first-order chi connectivity index (χ1) is 9.45. The van der Waals surface area contributed by atoms with Gasteiger partial charge < -0.3 is 5.32 Å². The fraction of sp³-hybridized carbons (Fsp3) is 0.692. The number of nitrogens with one attached hydrogen (secondary N) is 2. The molecule has 1 rings (SSSR count). The maximum Gasteiger partial charge on any atom is 0.279 e. The topological polar surface area (TPSA) is 61.4 Å². The number of rotatable bonds is 10. The van der Waals surface area contributed by atoms with Crippen molar-refractivity contribution in [3.05, 3.63) is 21.9 Å². The van der Waals surface area contributed by atoms with Crippen molar-refractivity contribution in [1.29, 1.82) is 0 Å². The van der Waals surface area contributed by atoms with Crippen molar-refractivity contribution in [3.63, 3.8) is 0 Å². The van der Waals surface area contributed by atoms with Gasteiger partial charge in [0, 0.05) is 29.9 Å². The third kappa shape index (κ3) is 6.32. The number of aryl methyl sites for hydroxylation is 1. The van der Waals surface area contributed by atoms with E-state index in [0.29, 0.717) is 13.1 Å². The third-order valence-electron chi connectivity index (χ3n) is 2.89. The molecule has 1 aromatic rings. The molecule has 0 saturated carbocycles. The fourth-order valence-electron chi connectivity index (χ4n) is 1.70. The summed E-state index contributed by atoms with van der Waals surface area (Å²) >= 11 is 1.61. The second kappa shape index (κ2) is 8.74. The summed E-state index contributed by atoms with van der Waals surface area (Å²) < 4.78 is 28.1. The van der Waals surface area contributed by atoms with Crippen molar-refractivity contribution in [2.75, 3.05) is 26.7 Å². The minimum atomic E-state index is -3.38. The van der Waals surface area contributed by atoms with E-state index in [4.69, 9.17) is 0 Å². The van der Waals surface area contributed by atoms with Gasteiger partial charge in [0.1, 0.15) is 0 Å². The zero-order valence-electron chi connectivity index (χ0n) is 12.5. The average molecular weight is 319 g/mol. The van der Waals surface area contributed by atoms with Crippen molar-refractivity contribution in [2.24, 2.45) is 0 Å². The lowest BCUT2D eigenvalue weighted by Crippen LogP contribution is -2.38. The minimum absolute atomic E-state index is 0.360. The Labute approximate surface area is 126 Å². The first-order valence-corrected chi connectivity index (χ1v) is 9.18. The van der Waals surface area contributed by atoms with E-state index in [1.165, 1.54) is 9.18 Å². The predicted molar refractivity (Wildman–Crippen MR) is 85.2 cm³/mol. The Bertz CT molecular complexity index is 486. The van der Waals surface area contributed by atoms with Crippen molar-refractivity contribution in [3.8, 4) is 0 Å². The van der Waals surface area contributed by atoms with Crippen molar-refractivity contribution in [2.45, 2.75) is 33.2 Å². The Balaban J connectivity index is 2.31. The van der Waals surface area contributed by atoms with Crippen LogP contribution < -0.4 is 10.0 Å². The summed E-state index contributed by atoms with van der Waals surface area (Å²) in [4.78, 5) is 2.22. The Hall–Kier alpha value is -0.470. The predicted octanol–water partition coefficient (Wildman–Crippen LogP) is 1.71. The normalized spacial score (nSPS) is 12.2. The summed E-state index contributed by atoms with van der Waals surface area (Å²) in [7, 11) is -1.77. The van der Waals surface area contributed by atoms with Crippen LogP contribution in [-0.4, -0.2) is 39.4 Å². The van der Waals surface area contributed by atoms with Gasteiger partial charge in [-0.15, -0.1) is 11.3 Å². The number of hydrogen-bond donors (Lipinski definition) is 2. The highest BCUT2D eigenvalue weighted by atomic mass is 32.2. The molecular weight excluding hydrogens is 294 g/mol. The maximum absolute atomic E-state index is 12.0. The van der Waals surface area contributed by atoms with Gasteiger partial charge in [-0.25, -0.2) is 0 Å². The summed E-state index contributed by atoms with van der Waals surface area (Å²) in [5.74, 6) is 0. The molecule has 2 N–H and O–H groups in total. The first kappa shape index (κ1) is 17.6. The van der Waals surface area contributed by atoms with Crippen LogP contribution in [-0.2, 0) is 16.8 Å². The Kier molecular flexibility index (Phi) is 7.68. The molecule has 20 heavy (non-hydrogen) atoms. The van der Waals surface area contributed by atoms with Gasteiger partial charge in [0.15, 0.2) is 0 Å². The maximum atomic E-state index is 12.0. The largest absolute Gasteiger partial charge is 0.317 e. The van der Waals surface area contributed by atoms with Gasteiger partial charge in [0.2, 0.25) is 0 Å².